The normalized spacial score (nSPS) is 15.9. The predicted molar refractivity (Wildman–Crippen MR) is 267 cm³/mol. The Hall–Kier alpha value is -5.33. The maximum Gasteiger partial charge on any atom is 0.270 e. The molecule has 0 bridgehead atoms. The number of carbonyl (C=O) groups is 9. The third kappa shape index (κ3) is 19.5. The molecule has 0 aliphatic carbocycles. The summed E-state index contributed by atoms with van der Waals surface area (Å²) in [7, 11) is 7.17. The fourth-order valence-corrected chi connectivity index (χ4v) is 7.67. The van der Waals surface area contributed by atoms with Crippen LogP contribution in [0.15, 0.2) is 24.4 Å². The minimum Gasteiger partial charge on any atom is -0.392 e. The van der Waals surface area contributed by atoms with Crippen LogP contribution < -0.4 is 26.6 Å². The van der Waals surface area contributed by atoms with Gasteiger partial charge in [-0.15, -0.1) is 0 Å². The van der Waals surface area contributed by atoms with Crippen LogP contribution in [0.1, 0.15) is 129 Å². The van der Waals surface area contributed by atoms with E-state index in [9.17, 15) is 48.3 Å². The Kier molecular flexibility index (Phi) is 28.0. The number of nitrogens with one attached hydrogen (secondary N) is 5. The van der Waals surface area contributed by atoms with Gasteiger partial charge < -0.3 is 51.3 Å². The van der Waals surface area contributed by atoms with E-state index in [-0.39, 0.29) is 48.6 Å². The Bertz CT molecular complexity index is 1800. The molecule has 0 saturated heterocycles. The summed E-state index contributed by atoms with van der Waals surface area (Å²) >= 11 is 0. The van der Waals surface area contributed by atoms with Crippen molar-refractivity contribution in [1.29, 1.82) is 0 Å². The molecule has 0 rings (SSSR count). The Balaban J connectivity index is 6.27. The first-order valence-corrected chi connectivity index (χ1v) is 24.4. The number of aliphatic hydroxyl groups is 1. The first-order valence-electron chi connectivity index (χ1n) is 24.4. The number of carbonyl (C=O) groups excluding carboxylic acids is 9. The summed E-state index contributed by atoms with van der Waals surface area (Å²) in [5.74, 6) is -6.39. The van der Waals surface area contributed by atoms with Crippen LogP contribution in [-0.2, 0) is 43.2 Å². The molecule has 0 radical (unpaired) electrons. The van der Waals surface area contributed by atoms with Crippen molar-refractivity contribution < 1.29 is 48.3 Å². The van der Waals surface area contributed by atoms with Crippen LogP contribution in [0.5, 0.6) is 0 Å². The van der Waals surface area contributed by atoms with Gasteiger partial charge in [0.05, 0.1) is 12.5 Å². The monoisotopic (exact) mass is 976 g/mol. The van der Waals surface area contributed by atoms with Crippen molar-refractivity contribution in [1.82, 2.24) is 46.2 Å². The zero-order valence-corrected chi connectivity index (χ0v) is 45.0. The van der Waals surface area contributed by atoms with Gasteiger partial charge in [-0.3, -0.25) is 43.2 Å². The van der Waals surface area contributed by atoms with Crippen molar-refractivity contribution in [3.63, 3.8) is 0 Å². The largest absolute Gasteiger partial charge is 0.392 e. The maximum atomic E-state index is 14.4. The molecule has 69 heavy (non-hydrogen) atoms. The minimum absolute atomic E-state index is 0.0918. The summed E-state index contributed by atoms with van der Waals surface area (Å²) < 4.78 is 0. The van der Waals surface area contributed by atoms with Crippen LogP contribution in [0.3, 0.4) is 0 Å². The highest BCUT2D eigenvalue weighted by molar-refractivity contribution is 6.01. The number of nitrogens with zero attached hydrogens (tertiary/aromatic N) is 4. The van der Waals surface area contributed by atoms with Gasteiger partial charge in [-0.1, -0.05) is 94.4 Å². The second-order valence-corrected chi connectivity index (χ2v) is 19.7. The second kappa shape index (κ2) is 30.3. The molecule has 9 amide bonds. The van der Waals surface area contributed by atoms with Crippen LogP contribution >= 0.6 is 0 Å². The van der Waals surface area contributed by atoms with E-state index >= 15 is 0 Å². The van der Waals surface area contributed by atoms with Crippen molar-refractivity contribution >= 4 is 53.2 Å². The zero-order valence-electron chi connectivity index (χ0n) is 45.0. The van der Waals surface area contributed by atoms with Crippen molar-refractivity contribution in [2.75, 3.05) is 35.2 Å². The van der Waals surface area contributed by atoms with Crippen molar-refractivity contribution in [2.24, 2.45) is 29.6 Å². The molecule has 1 unspecified atom stereocenters. The van der Waals surface area contributed by atoms with Gasteiger partial charge in [0.25, 0.3) is 5.91 Å². The summed E-state index contributed by atoms with van der Waals surface area (Å²) in [6.07, 6.45) is 4.41. The molecule has 6 N–H and O–H groups in total. The first kappa shape index (κ1) is 63.7. The summed E-state index contributed by atoms with van der Waals surface area (Å²) in [5, 5.41) is 23.9. The lowest BCUT2D eigenvalue weighted by molar-refractivity contribution is -0.146. The average molecular weight is 976 g/mol. The number of aliphatic hydroxyl groups excluding tert-OH is 1. The van der Waals surface area contributed by atoms with Crippen molar-refractivity contribution in [2.45, 2.75) is 177 Å². The van der Waals surface area contributed by atoms with E-state index in [4.69, 9.17) is 0 Å². The van der Waals surface area contributed by atoms with Gasteiger partial charge in [0, 0.05) is 35.2 Å². The van der Waals surface area contributed by atoms with Gasteiger partial charge in [0.15, 0.2) is 0 Å². The van der Waals surface area contributed by atoms with E-state index in [0.717, 1.165) is 4.90 Å². The molecular formula is C50H89N9O10. The van der Waals surface area contributed by atoms with E-state index in [1.54, 1.807) is 27.7 Å². The maximum absolute atomic E-state index is 14.4. The molecular weight excluding hydrogens is 887 g/mol. The van der Waals surface area contributed by atoms with Gasteiger partial charge in [0.1, 0.15) is 48.0 Å². The number of allylic oxidation sites excluding steroid dienone is 2. The van der Waals surface area contributed by atoms with E-state index < -0.39 is 107 Å². The standard InChI is InChI=1S/C50H89N9O10/c1-20-23-24-32(11)39(60)27-40(61)54-36(22-3)49(68)56(16)35(14)48(67)59(19)42(31(10)21-2)46(65)55-41(30(8)9)50(69)58(18)38(26-29(6)7)45(64)52-33(12)43(62)53-34(13)47(66)57(17)37(25-28(4)5)44(63)51-15/h20,23,28-34,36-39,41-42,60H,14,21-22,24-27H2,1-13,15-19H3,(H,51,63)(H,52,64)(H,53,62)(H,54,61)(H,55,65)/b23-20+/t31?,32-,33+,34-,36+,37+,38-,39+,41+,42+/m1/s1. The molecule has 10 atom stereocenters. The van der Waals surface area contributed by atoms with Crippen LogP contribution in [0, 0.1) is 29.6 Å². The number of hydrogen-bond donors (Lipinski definition) is 6. The quantitative estimate of drug-likeness (QED) is 0.0473. The molecule has 19 nitrogen and oxygen atoms in total. The minimum atomic E-state index is -1.16. The summed E-state index contributed by atoms with van der Waals surface area (Å²) in [6, 6.07) is -7.34. The van der Waals surface area contributed by atoms with E-state index in [1.165, 1.54) is 63.8 Å². The van der Waals surface area contributed by atoms with Gasteiger partial charge in [-0.25, -0.2) is 0 Å². The molecule has 0 fully saturated rings. The lowest BCUT2D eigenvalue weighted by Gasteiger charge is -2.37. The molecule has 0 aromatic rings. The number of rotatable bonds is 29. The number of hydrogen-bond acceptors (Lipinski definition) is 10. The summed E-state index contributed by atoms with van der Waals surface area (Å²) in [4.78, 5) is 127. The Morgan fingerprint density at radius 1 is 0.609 bits per heavy atom. The fourth-order valence-electron chi connectivity index (χ4n) is 7.67. The third-order valence-corrected chi connectivity index (χ3v) is 12.6. The molecule has 0 saturated carbocycles. The highest BCUT2D eigenvalue weighted by atomic mass is 16.3. The molecule has 394 valence electrons. The van der Waals surface area contributed by atoms with Gasteiger partial charge >= 0.3 is 0 Å². The summed E-state index contributed by atoms with van der Waals surface area (Å²) in [5.41, 5.74) is -0.261. The Morgan fingerprint density at radius 3 is 1.58 bits per heavy atom. The molecule has 0 aliphatic rings. The number of amides is 9. The molecule has 19 heteroatoms. The third-order valence-electron chi connectivity index (χ3n) is 12.6. The zero-order chi connectivity index (χ0) is 53.8. The highest BCUT2D eigenvalue weighted by Crippen LogP contribution is 2.21. The molecule has 0 aliphatic heterocycles. The molecule has 0 aromatic heterocycles. The van der Waals surface area contributed by atoms with E-state index in [2.05, 4.69) is 33.2 Å². The fraction of sp³-hybridized carbons (Fsp3) is 0.740. The lowest BCUT2D eigenvalue weighted by Crippen LogP contribution is -2.61. The van der Waals surface area contributed by atoms with E-state index in [0.29, 0.717) is 19.3 Å². The smallest absolute Gasteiger partial charge is 0.270 e. The summed E-state index contributed by atoms with van der Waals surface area (Å²) in [6.45, 7) is 26.8. The second-order valence-electron chi connectivity index (χ2n) is 19.7. The Morgan fingerprint density at radius 2 is 1.12 bits per heavy atom. The van der Waals surface area contributed by atoms with Gasteiger partial charge in [-0.2, -0.15) is 0 Å². The van der Waals surface area contributed by atoms with Crippen LogP contribution in [0.4, 0.5) is 0 Å². The predicted octanol–water partition coefficient (Wildman–Crippen LogP) is 2.72. The van der Waals surface area contributed by atoms with Crippen LogP contribution in [0.2, 0.25) is 0 Å². The van der Waals surface area contributed by atoms with Gasteiger partial charge in [-0.05, 0) is 76.0 Å². The Labute approximate surface area is 412 Å². The highest BCUT2D eigenvalue weighted by Gasteiger charge is 2.40. The SMILES string of the molecule is C=C(C(=O)N(C)[C@H](C(=O)N[C@H](C(=O)N(C)[C@H](CC(C)C)C(=O)N[C@@H](C)C(=O)N[C@H](C)C(=O)N(C)[C@@H](CC(C)C)C(=O)NC)C(C)C)C(C)CC)N(C)C(=O)[C@H](CC)NC(=O)C[C@H](O)[C@H](C)C/C=C/C. The average Bonchev–Trinajstić information content (AvgIpc) is 3.29. The lowest BCUT2D eigenvalue weighted by atomic mass is 9.94. The topological polar surface area (TPSA) is 247 Å². The van der Waals surface area contributed by atoms with Crippen molar-refractivity contribution in [3.8, 4) is 0 Å². The van der Waals surface area contributed by atoms with Crippen LogP contribution in [-0.4, -0.2) is 162 Å². The molecule has 0 heterocycles. The van der Waals surface area contributed by atoms with E-state index in [1.807, 2.05) is 60.6 Å². The van der Waals surface area contributed by atoms with Gasteiger partial charge in [0.2, 0.25) is 47.3 Å². The molecule has 0 spiro atoms. The number of likely N-dealkylation sites (N-methyl/N-ethyl adjacent to an activating group) is 5. The first-order chi connectivity index (χ1) is 31.9. The van der Waals surface area contributed by atoms with Crippen LogP contribution in [0.25, 0.3) is 0 Å². The van der Waals surface area contributed by atoms with Crippen molar-refractivity contribution in [3.05, 3.63) is 24.4 Å². The molecule has 0 aromatic carbocycles.